The third kappa shape index (κ3) is 2.98. The summed E-state index contributed by atoms with van der Waals surface area (Å²) in [5, 5.41) is 10.9. The fourth-order valence-electron chi connectivity index (χ4n) is 4.41. The number of ether oxygens (including phenoxy) is 1. The van der Waals surface area contributed by atoms with Crippen LogP contribution in [0, 0.1) is 6.92 Å². The van der Waals surface area contributed by atoms with E-state index >= 15 is 0 Å². The van der Waals surface area contributed by atoms with Crippen molar-refractivity contribution in [3.63, 3.8) is 0 Å². The molecule has 1 atom stereocenters. The number of nitrogens with zero attached hydrogens (tertiary/aromatic N) is 5. The maximum absolute atomic E-state index is 6.00. The summed E-state index contributed by atoms with van der Waals surface area (Å²) in [6.07, 6.45) is 8.35. The standard InChI is InChI=1S/C23H22N6O/c1-14-23(27-28-26-14)16-7-8-24-19(9-16)20-11-29(13-25-20)10-17-12-30-21-4-2-3-18(22(17)21)15-5-6-15/h2-4,7-9,11,13,15,17H,5-6,10,12H2,1H3,(H,26,27,28)/t17-/m1/s1. The fourth-order valence-corrected chi connectivity index (χ4v) is 4.41. The molecule has 1 N–H and O–H groups in total. The lowest BCUT2D eigenvalue weighted by molar-refractivity contribution is 0.319. The van der Waals surface area contributed by atoms with Crippen molar-refractivity contribution >= 4 is 0 Å². The summed E-state index contributed by atoms with van der Waals surface area (Å²) < 4.78 is 8.15. The quantitative estimate of drug-likeness (QED) is 0.548. The maximum atomic E-state index is 6.00. The summed E-state index contributed by atoms with van der Waals surface area (Å²) in [6, 6.07) is 10.5. The van der Waals surface area contributed by atoms with E-state index in [1.54, 1.807) is 6.20 Å². The molecule has 1 aliphatic heterocycles. The Labute approximate surface area is 174 Å². The van der Waals surface area contributed by atoms with E-state index in [1.807, 2.05) is 25.4 Å². The van der Waals surface area contributed by atoms with Gasteiger partial charge in [0.1, 0.15) is 17.1 Å². The van der Waals surface area contributed by atoms with E-state index in [0.29, 0.717) is 5.92 Å². The van der Waals surface area contributed by atoms with Gasteiger partial charge in [-0.15, -0.1) is 5.10 Å². The van der Waals surface area contributed by atoms with Gasteiger partial charge in [-0.1, -0.05) is 17.3 Å². The molecule has 0 unspecified atom stereocenters. The first-order valence-corrected chi connectivity index (χ1v) is 10.4. The summed E-state index contributed by atoms with van der Waals surface area (Å²) in [6.45, 7) is 3.54. The zero-order valence-corrected chi connectivity index (χ0v) is 16.7. The number of rotatable bonds is 5. The highest BCUT2D eigenvalue weighted by atomic mass is 16.5. The monoisotopic (exact) mass is 398 g/mol. The van der Waals surface area contributed by atoms with Crippen LogP contribution in [0.5, 0.6) is 5.75 Å². The molecule has 4 aromatic rings. The van der Waals surface area contributed by atoms with Crippen LogP contribution in [0.2, 0.25) is 0 Å². The van der Waals surface area contributed by atoms with Gasteiger partial charge in [-0.25, -0.2) is 4.98 Å². The zero-order valence-electron chi connectivity index (χ0n) is 16.7. The van der Waals surface area contributed by atoms with Gasteiger partial charge in [0.05, 0.1) is 24.3 Å². The molecule has 1 aliphatic carbocycles. The molecule has 1 saturated carbocycles. The molecule has 1 fully saturated rings. The number of H-pyrrole nitrogens is 1. The van der Waals surface area contributed by atoms with Crippen molar-refractivity contribution in [2.24, 2.45) is 0 Å². The van der Waals surface area contributed by atoms with Gasteiger partial charge in [-0.2, -0.15) is 0 Å². The smallest absolute Gasteiger partial charge is 0.123 e. The first-order chi connectivity index (χ1) is 14.8. The molecule has 6 rings (SSSR count). The number of hydrogen-bond acceptors (Lipinski definition) is 5. The van der Waals surface area contributed by atoms with Crippen molar-refractivity contribution < 1.29 is 4.74 Å². The van der Waals surface area contributed by atoms with Crippen LogP contribution in [0.1, 0.15) is 41.5 Å². The van der Waals surface area contributed by atoms with Crippen LogP contribution >= 0.6 is 0 Å². The van der Waals surface area contributed by atoms with Crippen molar-refractivity contribution in [2.75, 3.05) is 6.61 Å². The van der Waals surface area contributed by atoms with Crippen LogP contribution in [-0.2, 0) is 6.54 Å². The molecule has 0 saturated heterocycles. The second-order valence-electron chi connectivity index (χ2n) is 8.21. The van der Waals surface area contributed by atoms with Crippen LogP contribution in [0.25, 0.3) is 22.6 Å². The summed E-state index contributed by atoms with van der Waals surface area (Å²) in [5.41, 5.74) is 7.31. The van der Waals surface area contributed by atoms with Gasteiger partial charge < -0.3 is 9.30 Å². The van der Waals surface area contributed by atoms with Gasteiger partial charge in [0.2, 0.25) is 0 Å². The second-order valence-corrected chi connectivity index (χ2v) is 8.21. The minimum Gasteiger partial charge on any atom is -0.493 e. The number of benzene rings is 1. The zero-order chi connectivity index (χ0) is 20.1. The highest BCUT2D eigenvalue weighted by Crippen LogP contribution is 2.48. The van der Waals surface area contributed by atoms with Gasteiger partial charge >= 0.3 is 0 Å². The molecule has 3 aromatic heterocycles. The molecule has 1 aromatic carbocycles. The maximum Gasteiger partial charge on any atom is 0.123 e. The normalized spacial score (nSPS) is 17.7. The first-order valence-electron chi connectivity index (χ1n) is 10.4. The highest BCUT2D eigenvalue weighted by molar-refractivity contribution is 5.67. The first kappa shape index (κ1) is 17.4. The molecular formula is C23H22N6O. The third-order valence-electron chi connectivity index (χ3n) is 6.05. The number of fused-ring (bicyclic) bond motifs is 1. The average Bonchev–Trinajstić information content (AvgIpc) is 3.15. The average molecular weight is 398 g/mol. The van der Waals surface area contributed by atoms with E-state index in [4.69, 9.17) is 4.74 Å². The number of aromatic nitrogens is 6. The SMILES string of the molecule is Cc1[nH]nnc1-c1ccnc(-c2cn(C[C@@H]3COc4cccc(C5CC5)c43)cn2)c1. The second kappa shape index (κ2) is 6.79. The molecule has 0 spiro atoms. The third-order valence-corrected chi connectivity index (χ3v) is 6.05. The van der Waals surface area contributed by atoms with E-state index in [9.17, 15) is 0 Å². The Balaban J connectivity index is 1.27. The molecule has 2 aliphatic rings. The van der Waals surface area contributed by atoms with Crippen LogP contribution < -0.4 is 4.74 Å². The fraction of sp³-hybridized carbons (Fsp3) is 0.304. The Hall–Kier alpha value is -3.48. The minimum absolute atomic E-state index is 0.357. The number of hydrogen-bond donors (Lipinski definition) is 1. The van der Waals surface area contributed by atoms with E-state index in [-0.39, 0.29) is 0 Å². The topological polar surface area (TPSA) is 81.5 Å². The molecule has 0 bridgehead atoms. The van der Waals surface area contributed by atoms with Gasteiger partial charge in [0, 0.05) is 36.0 Å². The predicted octanol–water partition coefficient (Wildman–Crippen LogP) is 4.09. The Bertz CT molecular complexity index is 1220. The molecule has 0 amide bonds. The van der Waals surface area contributed by atoms with Crippen molar-refractivity contribution in [3.8, 4) is 28.4 Å². The van der Waals surface area contributed by atoms with Crippen molar-refractivity contribution in [2.45, 2.75) is 38.1 Å². The van der Waals surface area contributed by atoms with E-state index in [0.717, 1.165) is 53.2 Å². The lowest BCUT2D eigenvalue weighted by Gasteiger charge is -2.13. The van der Waals surface area contributed by atoms with E-state index in [2.05, 4.69) is 54.3 Å². The molecule has 0 radical (unpaired) electrons. The van der Waals surface area contributed by atoms with Crippen molar-refractivity contribution in [1.82, 2.24) is 29.9 Å². The lowest BCUT2D eigenvalue weighted by Crippen LogP contribution is -2.10. The van der Waals surface area contributed by atoms with Crippen molar-refractivity contribution in [3.05, 3.63) is 65.9 Å². The number of nitrogens with one attached hydrogen (secondary N) is 1. The highest BCUT2D eigenvalue weighted by Gasteiger charge is 2.33. The Morgan fingerprint density at radius 1 is 1.17 bits per heavy atom. The molecule has 150 valence electrons. The number of aryl methyl sites for hydroxylation is 1. The Morgan fingerprint density at radius 3 is 2.93 bits per heavy atom. The summed E-state index contributed by atoms with van der Waals surface area (Å²) in [5.74, 6) is 2.13. The van der Waals surface area contributed by atoms with Crippen molar-refractivity contribution in [1.29, 1.82) is 0 Å². The van der Waals surface area contributed by atoms with Crippen LogP contribution in [0.15, 0.2) is 49.1 Å². The molecule has 4 heterocycles. The number of aromatic amines is 1. The molecular weight excluding hydrogens is 376 g/mol. The molecule has 7 heteroatoms. The lowest BCUT2D eigenvalue weighted by atomic mass is 9.93. The van der Waals surface area contributed by atoms with Crippen LogP contribution in [-0.4, -0.2) is 36.6 Å². The molecule has 30 heavy (non-hydrogen) atoms. The number of pyridine rings is 1. The Morgan fingerprint density at radius 2 is 2.10 bits per heavy atom. The Kier molecular flexibility index (Phi) is 3.94. The largest absolute Gasteiger partial charge is 0.493 e. The van der Waals surface area contributed by atoms with Gasteiger partial charge in [0.25, 0.3) is 0 Å². The predicted molar refractivity (Wildman–Crippen MR) is 112 cm³/mol. The van der Waals surface area contributed by atoms with Gasteiger partial charge in [-0.3, -0.25) is 10.1 Å². The summed E-state index contributed by atoms with van der Waals surface area (Å²) >= 11 is 0. The van der Waals surface area contributed by atoms with Crippen LogP contribution in [0.3, 0.4) is 0 Å². The molecule has 7 nitrogen and oxygen atoms in total. The van der Waals surface area contributed by atoms with E-state index < -0.39 is 0 Å². The minimum atomic E-state index is 0.357. The summed E-state index contributed by atoms with van der Waals surface area (Å²) in [7, 11) is 0. The number of imidazole rings is 1. The van der Waals surface area contributed by atoms with Crippen LogP contribution in [0.4, 0.5) is 0 Å². The van der Waals surface area contributed by atoms with Gasteiger partial charge in [-0.05, 0) is 49.4 Å². The van der Waals surface area contributed by atoms with Gasteiger partial charge in [0.15, 0.2) is 0 Å². The van der Waals surface area contributed by atoms with E-state index in [1.165, 1.54) is 24.0 Å². The summed E-state index contributed by atoms with van der Waals surface area (Å²) in [4.78, 5) is 9.13.